The van der Waals surface area contributed by atoms with Gasteiger partial charge in [-0.15, -0.1) is 5.10 Å². The topological polar surface area (TPSA) is 68.0 Å². The molecule has 0 bridgehead atoms. The standard InChI is InChI=1S/C13H17ClN6O/c1-18-7-9(14)6-10(18)8-19(2)12(21)11-16-13-15-4-3-5-20(13)17-11/h6-7H,3-5,8H2,1-2H3,(H,15,16,17). The van der Waals surface area contributed by atoms with Crippen LogP contribution < -0.4 is 5.32 Å². The van der Waals surface area contributed by atoms with Crippen LogP contribution in [0.25, 0.3) is 0 Å². The summed E-state index contributed by atoms with van der Waals surface area (Å²) in [6, 6.07) is 1.85. The highest BCUT2D eigenvalue weighted by atomic mass is 35.5. The predicted molar refractivity (Wildman–Crippen MR) is 79.3 cm³/mol. The molecule has 2 aromatic heterocycles. The Balaban J connectivity index is 1.75. The zero-order chi connectivity index (χ0) is 15.0. The molecule has 1 N–H and O–H groups in total. The average Bonchev–Trinajstić information content (AvgIpc) is 3.01. The summed E-state index contributed by atoms with van der Waals surface area (Å²) in [6.45, 7) is 2.11. The fourth-order valence-corrected chi connectivity index (χ4v) is 2.63. The van der Waals surface area contributed by atoms with Crippen molar-refractivity contribution < 1.29 is 4.79 Å². The van der Waals surface area contributed by atoms with Crippen molar-refractivity contribution in [3.8, 4) is 0 Å². The van der Waals surface area contributed by atoms with E-state index in [-0.39, 0.29) is 11.7 Å². The molecule has 7 nitrogen and oxygen atoms in total. The molecule has 0 atom stereocenters. The van der Waals surface area contributed by atoms with Gasteiger partial charge in [0.1, 0.15) is 0 Å². The summed E-state index contributed by atoms with van der Waals surface area (Å²) in [7, 11) is 3.63. The molecule has 0 saturated heterocycles. The van der Waals surface area contributed by atoms with Crippen molar-refractivity contribution in [2.24, 2.45) is 7.05 Å². The van der Waals surface area contributed by atoms with Gasteiger partial charge in [-0.05, 0) is 12.5 Å². The third-order valence-corrected chi connectivity index (χ3v) is 3.72. The summed E-state index contributed by atoms with van der Waals surface area (Å²) < 4.78 is 3.64. The SMILES string of the molecule is CN(Cc1cc(Cl)cn1C)C(=O)c1nc2n(n1)CCCN2. The van der Waals surface area contributed by atoms with Crippen LogP contribution in [0.1, 0.15) is 22.7 Å². The number of nitrogens with zero attached hydrogens (tertiary/aromatic N) is 5. The van der Waals surface area contributed by atoms with Gasteiger partial charge in [0.05, 0.1) is 11.6 Å². The molecule has 0 radical (unpaired) electrons. The first-order valence-electron chi connectivity index (χ1n) is 6.79. The van der Waals surface area contributed by atoms with Crippen molar-refractivity contribution in [1.82, 2.24) is 24.2 Å². The largest absolute Gasteiger partial charge is 0.354 e. The molecule has 1 amide bonds. The van der Waals surface area contributed by atoms with E-state index in [0.29, 0.717) is 17.5 Å². The van der Waals surface area contributed by atoms with Crippen molar-refractivity contribution in [3.63, 3.8) is 0 Å². The Morgan fingerprint density at radius 3 is 3.05 bits per heavy atom. The van der Waals surface area contributed by atoms with Crippen LogP contribution in [0.5, 0.6) is 0 Å². The molecule has 8 heteroatoms. The van der Waals surface area contributed by atoms with E-state index in [0.717, 1.165) is 25.2 Å². The molecule has 0 saturated carbocycles. The summed E-state index contributed by atoms with van der Waals surface area (Å²) in [5.41, 5.74) is 0.956. The van der Waals surface area contributed by atoms with Gasteiger partial charge < -0.3 is 14.8 Å². The van der Waals surface area contributed by atoms with Gasteiger partial charge in [0.15, 0.2) is 0 Å². The molecule has 0 spiro atoms. The van der Waals surface area contributed by atoms with Gasteiger partial charge in [-0.1, -0.05) is 11.6 Å². The van der Waals surface area contributed by atoms with Crippen LogP contribution in [0.4, 0.5) is 5.95 Å². The van der Waals surface area contributed by atoms with Gasteiger partial charge in [0.25, 0.3) is 5.91 Å². The zero-order valence-electron chi connectivity index (χ0n) is 12.0. The van der Waals surface area contributed by atoms with Gasteiger partial charge in [0, 0.05) is 39.1 Å². The predicted octanol–water partition coefficient (Wildman–Crippen LogP) is 1.36. The Morgan fingerprint density at radius 2 is 2.38 bits per heavy atom. The van der Waals surface area contributed by atoms with Crippen LogP contribution in [0.2, 0.25) is 5.02 Å². The molecule has 1 aliphatic heterocycles. The first kappa shape index (κ1) is 13.9. The van der Waals surface area contributed by atoms with E-state index < -0.39 is 0 Å². The Kier molecular flexibility index (Phi) is 3.59. The number of nitrogens with one attached hydrogen (secondary N) is 1. The van der Waals surface area contributed by atoms with E-state index in [2.05, 4.69) is 15.4 Å². The fraction of sp³-hybridized carbons (Fsp3) is 0.462. The van der Waals surface area contributed by atoms with Crippen LogP contribution in [0, 0.1) is 0 Å². The number of amides is 1. The van der Waals surface area contributed by atoms with Crippen molar-refractivity contribution >= 4 is 23.5 Å². The van der Waals surface area contributed by atoms with Crippen LogP contribution in [-0.2, 0) is 20.1 Å². The normalized spacial score (nSPS) is 13.7. The molecule has 1 aliphatic rings. The molecule has 0 unspecified atom stereocenters. The molecular formula is C13H17ClN6O. The molecule has 21 heavy (non-hydrogen) atoms. The minimum absolute atomic E-state index is 0.198. The average molecular weight is 309 g/mol. The third kappa shape index (κ3) is 2.73. The lowest BCUT2D eigenvalue weighted by atomic mass is 10.3. The highest BCUT2D eigenvalue weighted by Gasteiger charge is 2.21. The number of aromatic nitrogens is 4. The van der Waals surface area contributed by atoms with Gasteiger partial charge in [0.2, 0.25) is 11.8 Å². The molecule has 3 heterocycles. The Hall–Kier alpha value is -2.02. The van der Waals surface area contributed by atoms with Crippen LogP contribution in [-0.4, -0.2) is 43.7 Å². The van der Waals surface area contributed by atoms with E-state index in [4.69, 9.17) is 11.6 Å². The van der Waals surface area contributed by atoms with Crippen molar-refractivity contribution in [1.29, 1.82) is 0 Å². The van der Waals surface area contributed by atoms with Crippen LogP contribution in [0.3, 0.4) is 0 Å². The van der Waals surface area contributed by atoms with E-state index in [1.807, 2.05) is 23.9 Å². The number of carbonyl (C=O) groups is 1. The lowest BCUT2D eigenvalue weighted by molar-refractivity contribution is 0.0770. The van der Waals surface area contributed by atoms with Crippen molar-refractivity contribution in [2.45, 2.75) is 19.5 Å². The summed E-state index contributed by atoms with van der Waals surface area (Å²) in [4.78, 5) is 18.3. The smallest absolute Gasteiger partial charge is 0.293 e. The van der Waals surface area contributed by atoms with Gasteiger partial charge in [-0.2, -0.15) is 4.98 Å². The molecule has 3 rings (SSSR count). The second kappa shape index (κ2) is 5.40. The molecule has 0 aliphatic carbocycles. The fourth-order valence-electron chi connectivity index (χ4n) is 2.36. The number of rotatable bonds is 3. The molecule has 0 aromatic carbocycles. The highest BCUT2D eigenvalue weighted by Crippen LogP contribution is 2.16. The minimum atomic E-state index is -0.198. The monoisotopic (exact) mass is 308 g/mol. The number of aryl methyl sites for hydroxylation is 2. The second-order valence-corrected chi connectivity index (χ2v) is 5.62. The van der Waals surface area contributed by atoms with E-state index in [1.54, 1.807) is 16.6 Å². The van der Waals surface area contributed by atoms with Crippen molar-refractivity contribution in [3.05, 3.63) is 28.8 Å². The van der Waals surface area contributed by atoms with Gasteiger partial charge in [-0.25, -0.2) is 4.68 Å². The van der Waals surface area contributed by atoms with Crippen LogP contribution >= 0.6 is 11.6 Å². The number of anilines is 1. The first-order valence-corrected chi connectivity index (χ1v) is 7.17. The quantitative estimate of drug-likeness (QED) is 0.929. The second-order valence-electron chi connectivity index (χ2n) is 5.18. The maximum atomic E-state index is 12.4. The molecule has 2 aromatic rings. The Bertz CT molecular complexity index is 653. The lowest BCUT2D eigenvalue weighted by Crippen LogP contribution is -2.28. The number of hydrogen-bond acceptors (Lipinski definition) is 4. The minimum Gasteiger partial charge on any atom is -0.354 e. The number of halogens is 1. The first-order chi connectivity index (χ1) is 10.0. The number of hydrogen-bond donors (Lipinski definition) is 1. The molecular weight excluding hydrogens is 292 g/mol. The molecule has 112 valence electrons. The van der Waals surface area contributed by atoms with Crippen LogP contribution in [0.15, 0.2) is 12.3 Å². The van der Waals surface area contributed by atoms with E-state index >= 15 is 0 Å². The van der Waals surface area contributed by atoms with Crippen molar-refractivity contribution in [2.75, 3.05) is 18.9 Å². The number of carbonyl (C=O) groups excluding carboxylic acids is 1. The van der Waals surface area contributed by atoms with Gasteiger partial charge in [-0.3, -0.25) is 4.79 Å². The number of fused-ring (bicyclic) bond motifs is 1. The highest BCUT2D eigenvalue weighted by molar-refractivity contribution is 6.30. The van der Waals surface area contributed by atoms with E-state index in [1.165, 1.54) is 0 Å². The maximum Gasteiger partial charge on any atom is 0.293 e. The summed E-state index contributed by atoms with van der Waals surface area (Å²) in [5.74, 6) is 0.693. The summed E-state index contributed by atoms with van der Waals surface area (Å²) >= 11 is 5.95. The Morgan fingerprint density at radius 1 is 1.57 bits per heavy atom. The maximum absolute atomic E-state index is 12.4. The zero-order valence-corrected chi connectivity index (χ0v) is 12.8. The lowest BCUT2D eigenvalue weighted by Gasteiger charge is -2.15. The van der Waals surface area contributed by atoms with Gasteiger partial charge >= 0.3 is 0 Å². The third-order valence-electron chi connectivity index (χ3n) is 3.51. The summed E-state index contributed by atoms with van der Waals surface area (Å²) in [5, 5.41) is 8.06. The summed E-state index contributed by atoms with van der Waals surface area (Å²) in [6.07, 6.45) is 2.80. The molecule has 0 fully saturated rings. The van der Waals surface area contributed by atoms with E-state index in [9.17, 15) is 4.79 Å². The Labute approximate surface area is 127 Å².